The fourth-order valence-electron chi connectivity index (χ4n) is 4.57. The van der Waals surface area contributed by atoms with Gasteiger partial charge in [-0.2, -0.15) is 10.5 Å². The molecular formula is C28H27ClN4O2. The predicted molar refractivity (Wildman–Crippen MR) is 136 cm³/mol. The van der Waals surface area contributed by atoms with Crippen LogP contribution in [0.25, 0.3) is 0 Å². The molecule has 1 heterocycles. The highest BCUT2D eigenvalue weighted by Gasteiger charge is 2.32. The van der Waals surface area contributed by atoms with Gasteiger partial charge in [0, 0.05) is 30.7 Å². The Labute approximate surface area is 211 Å². The van der Waals surface area contributed by atoms with Gasteiger partial charge in [-0.15, -0.1) is 0 Å². The monoisotopic (exact) mass is 486 g/mol. The number of piperazine rings is 1. The summed E-state index contributed by atoms with van der Waals surface area (Å²) >= 11 is 6.17. The van der Waals surface area contributed by atoms with Gasteiger partial charge in [0.05, 0.1) is 35.5 Å². The lowest BCUT2D eigenvalue weighted by molar-refractivity contribution is 0.171. The quantitative estimate of drug-likeness (QED) is 0.501. The van der Waals surface area contributed by atoms with Crippen LogP contribution >= 0.6 is 11.6 Å². The van der Waals surface area contributed by atoms with Crippen molar-refractivity contribution in [2.45, 2.75) is 19.0 Å². The molecule has 35 heavy (non-hydrogen) atoms. The molecule has 0 amide bonds. The van der Waals surface area contributed by atoms with Crippen LogP contribution in [0.4, 0.5) is 5.69 Å². The number of ether oxygens (including phenoxy) is 1. The van der Waals surface area contributed by atoms with E-state index in [0.29, 0.717) is 21.9 Å². The minimum atomic E-state index is -0.0817. The first-order valence-electron chi connectivity index (χ1n) is 11.6. The molecule has 3 aromatic carbocycles. The number of nitrogens with zero attached hydrogens (tertiary/aromatic N) is 4. The molecule has 1 saturated heterocycles. The number of nitriles is 2. The summed E-state index contributed by atoms with van der Waals surface area (Å²) in [7, 11) is 0. The van der Waals surface area contributed by atoms with E-state index in [-0.39, 0.29) is 25.3 Å². The lowest BCUT2D eigenvalue weighted by Gasteiger charge is -2.45. The first kappa shape index (κ1) is 24.6. The van der Waals surface area contributed by atoms with Crippen molar-refractivity contribution >= 4 is 17.3 Å². The molecule has 0 saturated carbocycles. The van der Waals surface area contributed by atoms with Gasteiger partial charge in [0.1, 0.15) is 18.4 Å². The Morgan fingerprint density at radius 3 is 2.43 bits per heavy atom. The summed E-state index contributed by atoms with van der Waals surface area (Å²) in [6, 6.07) is 25.8. The summed E-state index contributed by atoms with van der Waals surface area (Å²) in [6.45, 7) is 4.60. The van der Waals surface area contributed by atoms with Crippen LogP contribution in [0, 0.1) is 22.7 Å². The lowest BCUT2D eigenvalue weighted by Crippen LogP contribution is -2.49. The Hall–Kier alpha value is -3.55. The van der Waals surface area contributed by atoms with Crippen molar-refractivity contribution in [3.63, 3.8) is 0 Å². The summed E-state index contributed by atoms with van der Waals surface area (Å²) in [5.74, 6) is 0.565. The third-order valence-electron chi connectivity index (χ3n) is 6.49. The van der Waals surface area contributed by atoms with E-state index in [9.17, 15) is 5.26 Å². The van der Waals surface area contributed by atoms with E-state index in [1.165, 1.54) is 0 Å². The minimum absolute atomic E-state index is 0.0122. The molecule has 1 fully saturated rings. The molecule has 0 aliphatic carbocycles. The van der Waals surface area contributed by atoms with Crippen molar-refractivity contribution < 1.29 is 9.84 Å². The average molecular weight is 487 g/mol. The van der Waals surface area contributed by atoms with Gasteiger partial charge in [0.2, 0.25) is 0 Å². The number of hydrogen-bond donors (Lipinski definition) is 1. The van der Waals surface area contributed by atoms with Crippen molar-refractivity contribution in [1.29, 1.82) is 10.5 Å². The average Bonchev–Trinajstić information content (AvgIpc) is 2.91. The maximum Gasteiger partial charge on any atom is 0.120 e. The molecule has 1 aliphatic rings. The summed E-state index contributed by atoms with van der Waals surface area (Å²) in [5, 5.41) is 28.7. The molecule has 7 heteroatoms. The summed E-state index contributed by atoms with van der Waals surface area (Å²) in [4.78, 5) is 4.71. The smallest absolute Gasteiger partial charge is 0.120 e. The number of anilines is 1. The third kappa shape index (κ3) is 5.58. The second kappa shape index (κ2) is 11.3. The second-order valence-corrected chi connectivity index (χ2v) is 8.96. The van der Waals surface area contributed by atoms with E-state index in [2.05, 4.69) is 28.9 Å². The molecule has 0 radical (unpaired) electrons. The van der Waals surface area contributed by atoms with Crippen LogP contribution in [0.15, 0.2) is 66.7 Å². The highest BCUT2D eigenvalue weighted by atomic mass is 35.5. The maximum atomic E-state index is 9.89. The zero-order chi connectivity index (χ0) is 24.8. The number of halogens is 1. The molecule has 4 rings (SSSR count). The van der Waals surface area contributed by atoms with Crippen LogP contribution in [0.2, 0.25) is 5.02 Å². The molecule has 178 valence electrons. The topological polar surface area (TPSA) is 83.5 Å². The fraction of sp³-hybridized carbons (Fsp3) is 0.286. The van der Waals surface area contributed by atoms with Crippen LogP contribution in [-0.4, -0.2) is 42.9 Å². The van der Waals surface area contributed by atoms with Crippen LogP contribution in [0.1, 0.15) is 41.3 Å². The largest absolute Gasteiger partial charge is 0.491 e. The molecular weight excluding hydrogens is 460 g/mol. The maximum absolute atomic E-state index is 9.89. The Morgan fingerprint density at radius 2 is 1.77 bits per heavy atom. The van der Waals surface area contributed by atoms with Gasteiger partial charge in [0.15, 0.2) is 0 Å². The molecule has 1 aliphatic heterocycles. The van der Waals surface area contributed by atoms with E-state index in [1.807, 2.05) is 60.7 Å². The van der Waals surface area contributed by atoms with Crippen LogP contribution in [-0.2, 0) is 0 Å². The van der Waals surface area contributed by atoms with E-state index >= 15 is 0 Å². The number of benzene rings is 3. The van der Waals surface area contributed by atoms with Crippen molar-refractivity contribution in [3.8, 4) is 17.9 Å². The highest BCUT2D eigenvalue weighted by Crippen LogP contribution is 2.37. The molecule has 3 aromatic rings. The van der Waals surface area contributed by atoms with Gasteiger partial charge >= 0.3 is 0 Å². The molecule has 0 bridgehead atoms. The first-order chi connectivity index (χ1) is 17.0. The van der Waals surface area contributed by atoms with Crippen LogP contribution < -0.4 is 9.64 Å². The summed E-state index contributed by atoms with van der Waals surface area (Å²) in [5.41, 5.74) is 4.33. The van der Waals surface area contributed by atoms with Crippen LogP contribution in [0.5, 0.6) is 5.75 Å². The minimum Gasteiger partial charge on any atom is -0.491 e. The molecule has 0 spiro atoms. The molecule has 0 unspecified atom stereocenters. The molecule has 6 nitrogen and oxygen atoms in total. The Balaban J connectivity index is 1.65. The van der Waals surface area contributed by atoms with Gasteiger partial charge in [-0.05, 0) is 60.5 Å². The number of aliphatic hydroxyl groups is 1. The summed E-state index contributed by atoms with van der Waals surface area (Å²) < 4.78 is 5.52. The second-order valence-electron chi connectivity index (χ2n) is 8.53. The Kier molecular flexibility index (Phi) is 7.90. The van der Waals surface area contributed by atoms with E-state index < -0.39 is 0 Å². The first-order valence-corrected chi connectivity index (χ1v) is 12.0. The summed E-state index contributed by atoms with van der Waals surface area (Å²) in [6.07, 6.45) is 0. The third-order valence-corrected chi connectivity index (χ3v) is 6.75. The van der Waals surface area contributed by atoms with E-state index in [0.717, 1.165) is 36.4 Å². The number of aliphatic hydroxyl groups excluding tert-OH is 1. The fourth-order valence-corrected chi connectivity index (χ4v) is 4.70. The van der Waals surface area contributed by atoms with Crippen molar-refractivity contribution in [2.24, 2.45) is 0 Å². The van der Waals surface area contributed by atoms with E-state index in [1.54, 1.807) is 6.07 Å². The van der Waals surface area contributed by atoms with Crippen molar-refractivity contribution in [3.05, 3.63) is 94.0 Å². The molecule has 1 N–H and O–H groups in total. The van der Waals surface area contributed by atoms with Gasteiger partial charge in [-0.3, -0.25) is 4.90 Å². The Bertz CT molecular complexity index is 1230. The molecule has 0 aromatic heterocycles. The van der Waals surface area contributed by atoms with Gasteiger partial charge in [-0.25, -0.2) is 0 Å². The van der Waals surface area contributed by atoms with Gasteiger partial charge < -0.3 is 14.7 Å². The Morgan fingerprint density at radius 1 is 1.03 bits per heavy atom. The molecule has 2 atom stereocenters. The predicted octanol–water partition coefficient (Wildman–Crippen LogP) is 5.08. The normalized spacial score (nSPS) is 16.8. The lowest BCUT2D eigenvalue weighted by atomic mass is 9.97. The highest BCUT2D eigenvalue weighted by molar-refractivity contribution is 6.30. The SMILES string of the molecule is C[C@H](c1ccc(C#N)cc1)N1CCN(c2ccc(OCCO)cc2C#N)[C@H](c2ccc(Cl)cc2)C1. The van der Waals surface area contributed by atoms with E-state index in [4.69, 9.17) is 26.7 Å². The van der Waals surface area contributed by atoms with Crippen LogP contribution in [0.3, 0.4) is 0 Å². The van der Waals surface area contributed by atoms with Crippen molar-refractivity contribution in [2.75, 3.05) is 37.7 Å². The number of rotatable bonds is 7. The standard InChI is InChI=1S/C28H27ClN4O2/c1-20(22-4-2-21(17-30)3-5-22)32-12-13-33(28(19-32)23-6-8-25(29)9-7-23)27-11-10-26(35-15-14-34)16-24(27)18-31/h2-11,16,20,28,34H,12-15,19H2,1H3/t20-,28+/m1/s1. The number of hydrogen-bond acceptors (Lipinski definition) is 6. The zero-order valence-electron chi connectivity index (χ0n) is 19.6. The zero-order valence-corrected chi connectivity index (χ0v) is 20.3. The van der Waals surface area contributed by atoms with Gasteiger partial charge in [0.25, 0.3) is 0 Å². The van der Waals surface area contributed by atoms with Crippen molar-refractivity contribution in [1.82, 2.24) is 4.90 Å². The van der Waals surface area contributed by atoms with Gasteiger partial charge in [-0.1, -0.05) is 35.9 Å².